The summed E-state index contributed by atoms with van der Waals surface area (Å²) in [5, 5.41) is 0. The third-order valence-electron chi connectivity index (χ3n) is 4.43. The number of ether oxygens (including phenoxy) is 1. The van der Waals surface area contributed by atoms with E-state index in [0.29, 0.717) is 5.56 Å². The summed E-state index contributed by atoms with van der Waals surface area (Å²) in [5.41, 5.74) is 2.52. The van der Waals surface area contributed by atoms with E-state index in [1.165, 1.54) is 12.1 Å². The lowest BCUT2D eigenvalue weighted by Crippen LogP contribution is -2.32. The van der Waals surface area contributed by atoms with Gasteiger partial charge in [0.15, 0.2) is 0 Å². The van der Waals surface area contributed by atoms with Crippen LogP contribution in [0.2, 0.25) is 0 Å². The van der Waals surface area contributed by atoms with Gasteiger partial charge in [-0.25, -0.2) is 0 Å². The van der Waals surface area contributed by atoms with Crippen LogP contribution in [0.15, 0.2) is 84.9 Å². The number of benzene rings is 3. The van der Waals surface area contributed by atoms with Crippen LogP contribution >= 0.6 is 0 Å². The van der Waals surface area contributed by atoms with Gasteiger partial charge in [0, 0.05) is 13.6 Å². The molecule has 0 fully saturated rings. The van der Waals surface area contributed by atoms with Crippen LogP contribution in [0, 0.1) is 0 Å². The largest absolute Gasteiger partial charge is 0.435 e. The molecule has 144 valence electrons. The van der Waals surface area contributed by atoms with Gasteiger partial charge < -0.3 is 9.64 Å². The van der Waals surface area contributed by atoms with Gasteiger partial charge in [0.05, 0.1) is 5.92 Å². The summed E-state index contributed by atoms with van der Waals surface area (Å²) >= 11 is 0. The molecule has 0 atom stereocenters. The zero-order valence-electron chi connectivity index (χ0n) is 15.5. The smallest absolute Gasteiger partial charge is 0.387 e. The Kier molecular flexibility index (Phi) is 6.37. The van der Waals surface area contributed by atoms with Crippen molar-refractivity contribution >= 4 is 5.91 Å². The number of rotatable bonds is 7. The maximum atomic E-state index is 13.3. The number of carbonyl (C=O) groups is 1. The molecule has 1 amide bonds. The van der Waals surface area contributed by atoms with E-state index in [2.05, 4.69) is 4.74 Å². The van der Waals surface area contributed by atoms with E-state index in [1.54, 1.807) is 24.1 Å². The molecule has 0 aliphatic rings. The minimum Gasteiger partial charge on any atom is -0.435 e. The molecule has 3 nitrogen and oxygen atoms in total. The van der Waals surface area contributed by atoms with Crippen LogP contribution in [0.3, 0.4) is 0 Å². The second kappa shape index (κ2) is 9.13. The summed E-state index contributed by atoms with van der Waals surface area (Å²) in [6.07, 6.45) is 0. The second-order valence-electron chi connectivity index (χ2n) is 6.47. The van der Waals surface area contributed by atoms with E-state index in [-0.39, 0.29) is 18.2 Å². The molecule has 0 aliphatic carbocycles. The fraction of sp³-hybridized carbons (Fsp3) is 0.174. The van der Waals surface area contributed by atoms with Crippen molar-refractivity contribution in [3.05, 3.63) is 102 Å². The highest BCUT2D eigenvalue weighted by Crippen LogP contribution is 2.27. The number of halogens is 2. The first-order chi connectivity index (χ1) is 13.5. The highest BCUT2D eigenvalue weighted by molar-refractivity contribution is 5.87. The molecule has 0 aromatic heterocycles. The molecule has 3 aromatic carbocycles. The lowest BCUT2D eigenvalue weighted by Gasteiger charge is -2.25. The Balaban J connectivity index is 1.83. The summed E-state index contributed by atoms with van der Waals surface area (Å²) in [6, 6.07) is 25.6. The van der Waals surface area contributed by atoms with Gasteiger partial charge in [0.2, 0.25) is 5.91 Å². The first kappa shape index (κ1) is 19.5. The molecule has 0 aliphatic heterocycles. The molecule has 0 saturated heterocycles. The van der Waals surface area contributed by atoms with Gasteiger partial charge in [0.1, 0.15) is 5.75 Å². The van der Waals surface area contributed by atoms with E-state index in [4.69, 9.17) is 0 Å². The van der Waals surface area contributed by atoms with Gasteiger partial charge in [-0.2, -0.15) is 8.78 Å². The molecule has 0 N–H and O–H groups in total. The zero-order valence-corrected chi connectivity index (χ0v) is 15.5. The molecule has 28 heavy (non-hydrogen) atoms. The van der Waals surface area contributed by atoms with E-state index >= 15 is 0 Å². The monoisotopic (exact) mass is 381 g/mol. The zero-order chi connectivity index (χ0) is 19.9. The third-order valence-corrected chi connectivity index (χ3v) is 4.43. The molecule has 0 radical (unpaired) electrons. The lowest BCUT2D eigenvalue weighted by molar-refractivity contribution is -0.131. The number of amides is 1. The van der Waals surface area contributed by atoms with Crippen LogP contribution in [0.1, 0.15) is 22.6 Å². The van der Waals surface area contributed by atoms with E-state index in [1.807, 2.05) is 60.7 Å². The Morgan fingerprint density at radius 1 is 0.893 bits per heavy atom. The maximum absolute atomic E-state index is 13.3. The molecule has 3 aromatic rings. The lowest BCUT2D eigenvalue weighted by atomic mass is 9.90. The number of likely N-dealkylation sites (N-methyl/N-ethyl adjacent to an activating group) is 1. The van der Waals surface area contributed by atoms with Crippen molar-refractivity contribution in [2.75, 3.05) is 7.05 Å². The summed E-state index contributed by atoms with van der Waals surface area (Å²) < 4.78 is 29.3. The first-order valence-electron chi connectivity index (χ1n) is 8.93. The summed E-state index contributed by atoms with van der Waals surface area (Å²) in [6.45, 7) is -2.59. The Bertz CT molecular complexity index is 861. The van der Waals surface area contributed by atoms with Crippen molar-refractivity contribution in [2.24, 2.45) is 0 Å². The van der Waals surface area contributed by atoms with Crippen molar-refractivity contribution in [3.8, 4) is 5.75 Å². The Morgan fingerprint density at radius 2 is 1.46 bits per heavy atom. The van der Waals surface area contributed by atoms with Gasteiger partial charge in [-0.1, -0.05) is 72.8 Å². The minimum absolute atomic E-state index is 0.0717. The van der Waals surface area contributed by atoms with E-state index in [0.717, 1.165) is 11.1 Å². The van der Waals surface area contributed by atoms with Crippen LogP contribution in [-0.4, -0.2) is 24.5 Å². The maximum Gasteiger partial charge on any atom is 0.387 e. The summed E-state index contributed by atoms with van der Waals surface area (Å²) in [5.74, 6) is -0.429. The van der Waals surface area contributed by atoms with Gasteiger partial charge >= 0.3 is 6.61 Å². The van der Waals surface area contributed by atoms with Crippen molar-refractivity contribution in [1.82, 2.24) is 4.90 Å². The van der Waals surface area contributed by atoms with Crippen molar-refractivity contribution < 1.29 is 18.3 Å². The molecule has 0 bridgehead atoms. The number of alkyl halides is 2. The van der Waals surface area contributed by atoms with Crippen molar-refractivity contribution in [1.29, 1.82) is 0 Å². The average Bonchev–Trinajstić information content (AvgIpc) is 2.69. The number of hydrogen-bond acceptors (Lipinski definition) is 2. The van der Waals surface area contributed by atoms with Gasteiger partial charge in [-0.05, 0) is 28.8 Å². The standard InChI is InChI=1S/C23H21F2NO2/c1-26(16-17-9-8-14-20(15-17)28-23(24)25)22(27)21(18-10-4-2-5-11-18)19-12-6-3-7-13-19/h2-15,21,23H,16H2,1H3. The molecule has 0 unspecified atom stereocenters. The van der Waals surface area contributed by atoms with E-state index < -0.39 is 12.5 Å². The van der Waals surface area contributed by atoms with Crippen LogP contribution in [0.25, 0.3) is 0 Å². The Hall–Kier alpha value is -3.21. The van der Waals surface area contributed by atoms with Crippen LogP contribution in [-0.2, 0) is 11.3 Å². The van der Waals surface area contributed by atoms with Gasteiger partial charge in [0.25, 0.3) is 0 Å². The molecule has 5 heteroatoms. The highest BCUT2D eigenvalue weighted by Gasteiger charge is 2.25. The SMILES string of the molecule is CN(Cc1cccc(OC(F)F)c1)C(=O)C(c1ccccc1)c1ccccc1. The third kappa shape index (κ3) is 4.94. The summed E-state index contributed by atoms with van der Waals surface area (Å²) in [7, 11) is 1.71. The van der Waals surface area contributed by atoms with Crippen LogP contribution in [0.4, 0.5) is 8.78 Å². The molecule has 3 rings (SSSR count). The molecular weight excluding hydrogens is 360 g/mol. The quantitative estimate of drug-likeness (QED) is 0.571. The second-order valence-corrected chi connectivity index (χ2v) is 6.47. The number of hydrogen-bond donors (Lipinski definition) is 0. The number of nitrogens with zero attached hydrogens (tertiary/aromatic N) is 1. The predicted octanol–water partition coefficient (Wildman–Crippen LogP) is 5.08. The Labute approximate surface area is 163 Å². The van der Waals surface area contributed by atoms with Crippen LogP contribution < -0.4 is 4.74 Å². The number of carbonyl (C=O) groups excluding carboxylic acids is 1. The molecule has 0 spiro atoms. The van der Waals surface area contributed by atoms with E-state index in [9.17, 15) is 13.6 Å². The van der Waals surface area contributed by atoms with Crippen molar-refractivity contribution in [2.45, 2.75) is 19.1 Å². The van der Waals surface area contributed by atoms with Gasteiger partial charge in [-0.3, -0.25) is 4.79 Å². The molecular formula is C23H21F2NO2. The highest BCUT2D eigenvalue weighted by atomic mass is 19.3. The normalized spacial score (nSPS) is 10.9. The van der Waals surface area contributed by atoms with Crippen molar-refractivity contribution in [3.63, 3.8) is 0 Å². The predicted molar refractivity (Wildman–Crippen MR) is 104 cm³/mol. The Morgan fingerprint density at radius 3 is 2.00 bits per heavy atom. The molecule has 0 heterocycles. The van der Waals surface area contributed by atoms with Gasteiger partial charge in [-0.15, -0.1) is 0 Å². The fourth-order valence-corrected chi connectivity index (χ4v) is 3.16. The minimum atomic E-state index is -2.88. The first-order valence-corrected chi connectivity index (χ1v) is 8.93. The summed E-state index contributed by atoms with van der Waals surface area (Å²) in [4.78, 5) is 14.9. The van der Waals surface area contributed by atoms with Crippen LogP contribution in [0.5, 0.6) is 5.75 Å². The fourth-order valence-electron chi connectivity index (χ4n) is 3.16. The average molecular weight is 381 g/mol. The topological polar surface area (TPSA) is 29.5 Å². The molecule has 0 saturated carbocycles.